The highest BCUT2D eigenvalue weighted by Crippen LogP contribution is 2.21. The van der Waals surface area contributed by atoms with Crippen molar-refractivity contribution in [3.05, 3.63) is 29.3 Å². The van der Waals surface area contributed by atoms with E-state index in [0.29, 0.717) is 0 Å². The van der Waals surface area contributed by atoms with E-state index in [2.05, 4.69) is 0 Å². The molecule has 0 bridgehead atoms. The summed E-state index contributed by atoms with van der Waals surface area (Å²) in [6.45, 7) is -0.328. The maximum atomic E-state index is 13.5. The minimum Gasteiger partial charge on any atom is -0.396 e. The highest BCUT2D eigenvalue weighted by atomic mass is 32.2. The van der Waals surface area contributed by atoms with Crippen molar-refractivity contribution in [2.24, 2.45) is 0 Å². The molecule has 0 fully saturated rings. The summed E-state index contributed by atoms with van der Waals surface area (Å²) in [7, 11) is -3.94. The fourth-order valence-corrected chi connectivity index (χ4v) is 2.11. The van der Waals surface area contributed by atoms with Gasteiger partial charge in [-0.25, -0.2) is 17.2 Å². The van der Waals surface area contributed by atoms with Crippen LogP contribution in [0.25, 0.3) is 0 Å². The Morgan fingerprint density at radius 1 is 1.33 bits per heavy atom. The van der Waals surface area contributed by atoms with Crippen LogP contribution in [-0.2, 0) is 16.3 Å². The predicted molar refractivity (Wildman–Crippen MR) is 50.3 cm³/mol. The third kappa shape index (κ3) is 2.51. The van der Waals surface area contributed by atoms with Gasteiger partial charge < -0.3 is 5.11 Å². The fraction of sp³-hybridized carbons (Fsp3) is 0.333. The van der Waals surface area contributed by atoms with Gasteiger partial charge in [-0.2, -0.15) is 0 Å². The van der Waals surface area contributed by atoms with E-state index in [1.54, 1.807) is 0 Å². The zero-order valence-corrected chi connectivity index (χ0v) is 8.81. The Kier molecular flexibility index (Phi) is 3.41. The number of benzene rings is 1. The lowest BCUT2D eigenvalue weighted by Crippen LogP contribution is -2.08. The lowest BCUT2D eigenvalue weighted by Gasteiger charge is -2.06. The Morgan fingerprint density at radius 3 is 2.40 bits per heavy atom. The van der Waals surface area contributed by atoms with Crippen LogP contribution in [-0.4, -0.2) is 26.4 Å². The Balaban J connectivity index is 3.44. The van der Waals surface area contributed by atoms with Crippen molar-refractivity contribution in [3.63, 3.8) is 0 Å². The number of hydrogen-bond donors (Lipinski definition) is 1. The molecular formula is C9H10F2O3S. The molecule has 0 saturated carbocycles. The molecule has 1 N–H and O–H groups in total. The molecule has 1 aromatic carbocycles. The number of sulfone groups is 1. The molecule has 0 amide bonds. The lowest BCUT2D eigenvalue weighted by molar-refractivity contribution is 0.297. The molecule has 1 rings (SSSR count). The molecule has 0 aliphatic rings. The summed E-state index contributed by atoms with van der Waals surface area (Å²) >= 11 is 0. The first-order valence-electron chi connectivity index (χ1n) is 4.15. The molecule has 0 saturated heterocycles. The van der Waals surface area contributed by atoms with Gasteiger partial charge in [-0.05, 0) is 18.1 Å². The molecular weight excluding hydrogens is 226 g/mol. The molecule has 0 aliphatic heterocycles. The number of aliphatic hydroxyl groups excluding tert-OH is 1. The molecule has 0 unspecified atom stereocenters. The van der Waals surface area contributed by atoms with E-state index in [0.717, 1.165) is 18.4 Å². The number of halogens is 2. The first kappa shape index (κ1) is 12.1. The molecule has 0 radical (unpaired) electrons. The molecule has 15 heavy (non-hydrogen) atoms. The average Bonchev–Trinajstić information content (AvgIpc) is 2.08. The number of hydrogen-bond acceptors (Lipinski definition) is 3. The van der Waals surface area contributed by atoms with Gasteiger partial charge in [-0.3, -0.25) is 0 Å². The van der Waals surface area contributed by atoms with Crippen molar-refractivity contribution >= 4 is 9.84 Å². The Bertz CT molecular complexity index is 468. The van der Waals surface area contributed by atoms with Crippen molar-refractivity contribution in [2.75, 3.05) is 12.9 Å². The molecule has 0 atom stereocenters. The minimum atomic E-state index is -3.94. The van der Waals surface area contributed by atoms with E-state index in [1.165, 1.54) is 0 Å². The van der Waals surface area contributed by atoms with Gasteiger partial charge in [0.05, 0.1) is 0 Å². The average molecular weight is 236 g/mol. The SMILES string of the molecule is CS(=O)(=O)c1c(F)ccc(CCO)c1F. The summed E-state index contributed by atoms with van der Waals surface area (Å²) in [6.07, 6.45) is 0.686. The van der Waals surface area contributed by atoms with Crippen LogP contribution < -0.4 is 0 Å². The van der Waals surface area contributed by atoms with Gasteiger partial charge in [0, 0.05) is 12.9 Å². The zero-order chi connectivity index (χ0) is 11.6. The maximum absolute atomic E-state index is 13.5. The van der Waals surface area contributed by atoms with Crippen molar-refractivity contribution in [3.8, 4) is 0 Å². The standard InChI is InChI=1S/C9H10F2O3S/c1-15(13,14)9-7(10)3-2-6(4-5-12)8(9)11/h2-3,12H,4-5H2,1H3. The molecule has 0 heterocycles. The van der Waals surface area contributed by atoms with Gasteiger partial charge in [0.25, 0.3) is 0 Å². The highest BCUT2D eigenvalue weighted by molar-refractivity contribution is 7.90. The molecule has 0 aliphatic carbocycles. The lowest BCUT2D eigenvalue weighted by atomic mass is 10.1. The Hall–Kier alpha value is -1.01. The molecule has 3 nitrogen and oxygen atoms in total. The van der Waals surface area contributed by atoms with E-state index in [1.807, 2.05) is 0 Å². The topological polar surface area (TPSA) is 54.4 Å². The molecule has 0 spiro atoms. The second-order valence-corrected chi connectivity index (χ2v) is 5.05. The smallest absolute Gasteiger partial charge is 0.181 e. The molecule has 6 heteroatoms. The third-order valence-corrected chi connectivity index (χ3v) is 3.00. The van der Waals surface area contributed by atoms with E-state index in [-0.39, 0.29) is 18.6 Å². The van der Waals surface area contributed by atoms with Crippen LogP contribution in [0.4, 0.5) is 8.78 Å². The summed E-state index contributed by atoms with van der Waals surface area (Å²) in [4.78, 5) is -0.937. The van der Waals surface area contributed by atoms with Crippen molar-refractivity contribution in [1.82, 2.24) is 0 Å². The van der Waals surface area contributed by atoms with Gasteiger partial charge in [-0.15, -0.1) is 0 Å². The van der Waals surface area contributed by atoms with Crippen molar-refractivity contribution in [2.45, 2.75) is 11.3 Å². The van der Waals surface area contributed by atoms with Crippen LogP contribution in [0.3, 0.4) is 0 Å². The van der Waals surface area contributed by atoms with E-state index in [4.69, 9.17) is 5.11 Å². The Morgan fingerprint density at radius 2 is 1.93 bits per heavy atom. The van der Waals surface area contributed by atoms with E-state index < -0.39 is 26.4 Å². The summed E-state index contributed by atoms with van der Waals surface area (Å²) in [5.74, 6) is -2.23. The maximum Gasteiger partial charge on any atom is 0.181 e. The van der Waals surface area contributed by atoms with E-state index >= 15 is 0 Å². The highest BCUT2D eigenvalue weighted by Gasteiger charge is 2.21. The number of aliphatic hydroxyl groups is 1. The Labute approximate surface area is 86.3 Å². The van der Waals surface area contributed by atoms with Crippen LogP contribution in [0.2, 0.25) is 0 Å². The van der Waals surface area contributed by atoms with Crippen LogP contribution >= 0.6 is 0 Å². The summed E-state index contributed by atoms with van der Waals surface area (Å²) < 4.78 is 48.7. The second kappa shape index (κ2) is 4.24. The van der Waals surface area contributed by atoms with Gasteiger partial charge >= 0.3 is 0 Å². The second-order valence-electron chi connectivity index (χ2n) is 3.10. The third-order valence-electron chi connectivity index (χ3n) is 1.88. The predicted octanol–water partition coefficient (Wildman–Crippen LogP) is 0.903. The minimum absolute atomic E-state index is 0.0145. The normalized spacial score (nSPS) is 11.7. The van der Waals surface area contributed by atoms with Crippen molar-refractivity contribution < 1.29 is 22.3 Å². The summed E-state index contributed by atoms with van der Waals surface area (Å²) in [5.41, 5.74) is -0.0145. The van der Waals surface area contributed by atoms with Crippen LogP contribution in [0.5, 0.6) is 0 Å². The number of rotatable bonds is 3. The largest absolute Gasteiger partial charge is 0.396 e. The van der Waals surface area contributed by atoms with Gasteiger partial charge in [0.1, 0.15) is 16.5 Å². The zero-order valence-electron chi connectivity index (χ0n) is 8.00. The molecule has 84 valence electrons. The summed E-state index contributed by atoms with van der Waals surface area (Å²) in [5, 5.41) is 8.60. The van der Waals surface area contributed by atoms with Crippen LogP contribution in [0.15, 0.2) is 17.0 Å². The van der Waals surface area contributed by atoms with E-state index in [9.17, 15) is 17.2 Å². The first-order valence-corrected chi connectivity index (χ1v) is 6.05. The molecule has 0 aromatic heterocycles. The fourth-order valence-electron chi connectivity index (χ4n) is 1.23. The van der Waals surface area contributed by atoms with Gasteiger partial charge in [0.15, 0.2) is 9.84 Å². The summed E-state index contributed by atoms with van der Waals surface area (Å²) in [6, 6.07) is 2.00. The molecule has 1 aromatic rings. The van der Waals surface area contributed by atoms with Gasteiger partial charge in [0.2, 0.25) is 0 Å². The quantitative estimate of drug-likeness (QED) is 0.848. The van der Waals surface area contributed by atoms with Crippen LogP contribution in [0, 0.1) is 11.6 Å². The van der Waals surface area contributed by atoms with Crippen molar-refractivity contribution in [1.29, 1.82) is 0 Å². The van der Waals surface area contributed by atoms with Gasteiger partial charge in [-0.1, -0.05) is 6.07 Å². The first-order chi connectivity index (χ1) is 6.88. The van der Waals surface area contributed by atoms with Crippen LogP contribution in [0.1, 0.15) is 5.56 Å². The monoisotopic (exact) mass is 236 g/mol.